The molecular weight excluding hydrogens is 763 g/mol. The number of fused-ring (bicyclic) bond motifs is 9. The summed E-state index contributed by atoms with van der Waals surface area (Å²) in [6.07, 6.45) is 0. The summed E-state index contributed by atoms with van der Waals surface area (Å²) in [6.45, 7) is 0. The van der Waals surface area contributed by atoms with Crippen molar-refractivity contribution >= 4 is 65.4 Å². The molecule has 63 heavy (non-hydrogen) atoms. The van der Waals surface area contributed by atoms with Crippen molar-refractivity contribution in [1.82, 2.24) is 13.7 Å². The van der Waals surface area contributed by atoms with Crippen molar-refractivity contribution in [2.75, 3.05) is 0 Å². The summed E-state index contributed by atoms with van der Waals surface area (Å²) in [5.74, 6) is 0. The van der Waals surface area contributed by atoms with Gasteiger partial charge in [0.25, 0.3) is 0 Å². The van der Waals surface area contributed by atoms with Gasteiger partial charge in [-0.2, -0.15) is 0 Å². The molecule has 0 saturated carbocycles. The van der Waals surface area contributed by atoms with Crippen LogP contribution >= 0.6 is 0 Å². The van der Waals surface area contributed by atoms with Crippen molar-refractivity contribution in [3.63, 3.8) is 0 Å². The van der Waals surface area contributed by atoms with Crippen LogP contribution in [0, 0.1) is 0 Å². The van der Waals surface area contributed by atoms with Crippen LogP contribution in [0.4, 0.5) is 0 Å². The van der Waals surface area contributed by atoms with E-state index in [1.165, 1.54) is 28.8 Å². The van der Waals surface area contributed by atoms with E-state index in [4.69, 9.17) is 28.8 Å². The Labute approximate surface area is 405 Å². The number of benzene rings is 10. The van der Waals surface area contributed by atoms with Crippen molar-refractivity contribution in [2.45, 2.75) is 0 Å². The van der Waals surface area contributed by atoms with E-state index in [1.54, 1.807) is 41.0 Å². The average Bonchev–Trinajstić information content (AvgIpc) is 1.54. The van der Waals surface area contributed by atoms with Crippen LogP contribution < -0.4 is 0 Å². The van der Waals surface area contributed by atoms with E-state index in [2.05, 4.69) is 0 Å². The maximum Gasteiger partial charge on any atom is 0.0709 e. The summed E-state index contributed by atoms with van der Waals surface area (Å²) >= 11 is 0. The Kier molecular flexibility index (Phi) is 3.84. The van der Waals surface area contributed by atoms with Crippen molar-refractivity contribution in [3.05, 3.63) is 236 Å². The minimum absolute atomic E-state index is 0.0262. The fourth-order valence-corrected chi connectivity index (χ4v) is 8.33. The molecule has 10 aromatic carbocycles. The Bertz CT molecular complexity index is 5340. The summed E-state index contributed by atoms with van der Waals surface area (Å²) in [7, 11) is 0. The molecule has 3 heteroatoms. The highest BCUT2D eigenvalue weighted by molar-refractivity contribution is 6.14. The Morgan fingerprint density at radius 3 is 1.37 bits per heavy atom. The van der Waals surface area contributed by atoms with Gasteiger partial charge in [-0.15, -0.1) is 0 Å². The van der Waals surface area contributed by atoms with Crippen LogP contribution in [0.3, 0.4) is 0 Å². The lowest BCUT2D eigenvalue weighted by Crippen LogP contribution is -2.04. The maximum absolute atomic E-state index is 10.1. The summed E-state index contributed by atoms with van der Waals surface area (Å²) in [6, 6.07) is -6.95. The lowest BCUT2D eigenvalue weighted by atomic mass is 10.0. The zero-order valence-electron chi connectivity index (χ0n) is 61.1. The molecule has 13 aromatic rings. The van der Waals surface area contributed by atoms with Gasteiger partial charge < -0.3 is 13.7 Å². The zero-order chi connectivity index (χ0) is 66.7. The molecule has 0 atom stereocenters. The third-order valence-electron chi connectivity index (χ3n) is 11.0. The van der Waals surface area contributed by atoms with Gasteiger partial charge in [0.1, 0.15) is 0 Å². The zero-order valence-corrected chi connectivity index (χ0v) is 32.1. The highest BCUT2D eigenvalue weighted by Gasteiger charge is 2.22. The molecule has 0 aliphatic rings. The predicted octanol–water partition coefficient (Wildman–Crippen LogP) is 16.0. The summed E-state index contributed by atoms with van der Waals surface area (Å²) < 4.78 is 266. The van der Waals surface area contributed by atoms with Crippen LogP contribution in [0.25, 0.3) is 116 Å². The second kappa shape index (κ2) is 14.1. The molecule has 0 aliphatic heterocycles. The van der Waals surface area contributed by atoms with Crippen LogP contribution in [0.5, 0.6) is 0 Å². The molecule has 0 unspecified atom stereocenters. The molecule has 0 N–H and O–H groups in total. The molecule has 0 saturated heterocycles. The Morgan fingerprint density at radius 1 is 0.270 bits per heavy atom. The summed E-state index contributed by atoms with van der Waals surface area (Å²) in [5.41, 5.74) is -4.12. The van der Waals surface area contributed by atoms with E-state index in [9.17, 15) is 11.0 Å². The predicted molar refractivity (Wildman–Crippen MR) is 266 cm³/mol. The van der Waals surface area contributed by atoms with Gasteiger partial charge in [0.2, 0.25) is 0 Å². The second-order valence-electron chi connectivity index (χ2n) is 14.3. The molecule has 0 bridgehead atoms. The van der Waals surface area contributed by atoms with Crippen LogP contribution in [-0.4, -0.2) is 13.7 Å². The Morgan fingerprint density at radius 2 is 0.762 bits per heavy atom. The van der Waals surface area contributed by atoms with E-state index in [0.29, 0.717) is 21.8 Å². The van der Waals surface area contributed by atoms with E-state index < -0.39 is 219 Å². The van der Waals surface area contributed by atoms with Crippen molar-refractivity contribution in [3.8, 4) is 50.4 Å². The molecule has 0 radical (unpaired) electrons. The van der Waals surface area contributed by atoms with Crippen LogP contribution in [0.15, 0.2) is 236 Å². The Hall–Kier alpha value is -8.40. The number of hydrogen-bond acceptors (Lipinski definition) is 0. The number of aromatic nitrogens is 3. The lowest BCUT2D eigenvalue weighted by Gasteiger charge is -2.19. The fourth-order valence-electron chi connectivity index (χ4n) is 8.33. The van der Waals surface area contributed by atoms with E-state index >= 15 is 0 Å². The smallest absolute Gasteiger partial charge is 0.0709 e. The minimum atomic E-state index is -0.924. The summed E-state index contributed by atoms with van der Waals surface area (Å²) in [4.78, 5) is 0. The SMILES string of the molecule is [2H]c1c([2H])c([2H])c(-c2ccc(-n3c4ccccc4c4cc(-n5c6c([2H])c([2H])c([2H])c([2H])c6c6c([2H])c([2H])c([2H])c([2H])c65)ccc43)c(-n3c4c([2H])c([2H])c(-c5c([2H])c([2H])c([2H])c([2H])c5[2H])c([2H])c4c4c([2H])c(-c5c([2H])c([2H])c([2H])c([2H])c5[2H])c([2H])c([2H])c43)c2)c([2H])c1[2H]. The normalized spacial score (nSPS) is 18.3. The molecule has 0 amide bonds. The van der Waals surface area contributed by atoms with Gasteiger partial charge in [-0.05, 0) is 106 Å². The molecule has 0 fully saturated rings. The minimum Gasteiger partial charge on any atom is -0.309 e. The molecule has 294 valence electrons. The maximum atomic E-state index is 10.1. The molecule has 3 nitrogen and oxygen atoms in total. The second-order valence-corrected chi connectivity index (χ2v) is 14.3. The van der Waals surface area contributed by atoms with Crippen LogP contribution in [-0.2, 0) is 0 Å². The number of rotatable bonds is 6. The first-order chi connectivity index (χ1) is 43.3. The highest BCUT2D eigenvalue weighted by atomic mass is 15.1. The molecule has 3 aromatic heterocycles. The monoisotopic (exact) mass is 830 g/mol. The molecule has 13 rings (SSSR count). The van der Waals surface area contributed by atoms with E-state index in [-0.39, 0.29) is 50.0 Å². The molecule has 0 spiro atoms. The standard InChI is InChI=1S/C60H39N3/c1-4-16-40(17-5-1)43-28-32-56-50(36-43)51-37-44(41-18-6-2-7-19-41)29-33-57(51)63(56)60-38-45(42-20-8-3-9-21-42)30-34-59(60)62-55-27-15-12-24-49(55)52-39-46(31-35-58(52)62)61-53-25-13-10-22-47(53)48-23-11-14-26-54(48)61/h1-39H/i1D,2D,3D,4D,5D,6D,7D,8D,9D,10D,11D,13D,14D,16D,17D,18D,19D,20D,21D,22D,23D,25D,26D,28D,29D,32D,33D,36D,37D. The molecule has 0 aliphatic carbocycles. The van der Waals surface area contributed by atoms with E-state index in [1.807, 2.05) is 0 Å². The first kappa shape index (κ1) is 17.2. The first-order valence-electron chi connectivity index (χ1n) is 33.8. The van der Waals surface area contributed by atoms with Gasteiger partial charge in [-0.3, -0.25) is 0 Å². The molecule has 3 heterocycles. The lowest BCUT2D eigenvalue weighted by molar-refractivity contribution is 1.09. The largest absolute Gasteiger partial charge is 0.309 e. The van der Waals surface area contributed by atoms with Crippen LogP contribution in [0.1, 0.15) is 39.8 Å². The summed E-state index contributed by atoms with van der Waals surface area (Å²) in [5, 5.41) is -0.620. The van der Waals surface area contributed by atoms with Crippen molar-refractivity contribution in [1.29, 1.82) is 0 Å². The average molecular weight is 831 g/mol. The quantitative estimate of drug-likeness (QED) is 0.159. The van der Waals surface area contributed by atoms with Crippen molar-refractivity contribution in [2.24, 2.45) is 0 Å². The fraction of sp³-hybridized carbons (Fsp3) is 0. The van der Waals surface area contributed by atoms with Crippen LogP contribution in [0.2, 0.25) is 0 Å². The third-order valence-corrected chi connectivity index (χ3v) is 11.0. The number of hydrogen-bond donors (Lipinski definition) is 0. The Balaban J connectivity index is 1.24. The first-order valence-corrected chi connectivity index (χ1v) is 19.3. The highest BCUT2D eigenvalue weighted by Crippen LogP contribution is 2.43. The number of nitrogens with zero attached hydrogens (tertiary/aromatic N) is 3. The van der Waals surface area contributed by atoms with Crippen molar-refractivity contribution < 1.29 is 39.8 Å². The van der Waals surface area contributed by atoms with Gasteiger partial charge in [0.05, 0.1) is 84.2 Å². The van der Waals surface area contributed by atoms with Gasteiger partial charge in [0, 0.05) is 38.0 Å². The number of para-hydroxylation sites is 3. The van der Waals surface area contributed by atoms with Gasteiger partial charge in [-0.25, -0.2) is 0 Å². The molecular formula is C60H39N3. The topological polar surface area (TPSA) is 14.8 Å². The van der Waals surface area contributed by atoms with E-state index in [0.717, 1.165) is 4.57 Å². The van der Waals surface area contributed by atoms with Gasteiger partial charge in [0.15, 0.2) is 0 Å². The third kappa shape index (κ3) is 5.53. The van der Waals surface area contributed by atoms with Gasteiger partial charge in [-0.1, -0.05) is 163 Å². The van der Waals surface area contributed by atoms with Gasteiger partial charge >= 0.3 is 0 Å².